The van der Waals surface area contributed by atoms with Gasteiger partial charge in [-0.25, -0.2) is 4.79 Å². The van der Waals surface area contributed by atoms with E-state index in [1.165, 1.54) is 0 Å². The van der Waals surface area contributed by atoms with Crippen LogP contribution in [-0.4, -0.2) is 22.0 Å². The van der Waals surface area contributed by atoms with E-state index >= 15 is 0 Å². The molecule has 0 unspecified atom stereocenters. The number of carbonyl (C=O) groups excluding carboxylic acids is 1. The summed E-state index contributed by atoms with van der Waals surface area (Å²) in [5.41, 5.74) is 3.13. The Morgan fingerprint density at radius 2 is 2.24 bits per heavy atom. The van der Waals surface area contributed by atoms with Crippen molar-refractivity contribution in [1.82, 2.24) is 14.9 Å². The Morgan fingerprint density at radius 3 is 2.90 bits per heavy atom. The maximum Gasteiger partial charge on any atom is 0.326 e. The number of hydrogen-bond donors (Lipinski definition) is 2. The fourth-order valence-corrected chi connectivity index (χ4v) is 2.45. The third-order valence-corrected chi connectivity index (χ3v) is 3.73. The normalized spacial score (nSPS) is 14.3. The van der Waals surface area contributed by atoms with Crippen LogP contribution in [0.4, 0.5) is 0 Å². The van der Waals surface area contributed by atoms with Crippen molar-refractivity contribution in [2.75, 3.05) is 6.54 Å². The summed E-state index contributed by atoms with van der Waals surface area (Å²) in [6.45, 7) is 6.33. The summed E-state index contributed by atoms with van der Waals surface area (Å²) < 4.78 is 1.76. The number of benzene rings is 1. The van der Waals surface area contributed by atoms with Crippen LogP contribution in [0.15, 0.2) is 35.1 Å². The van der Waals surface area contributed by atoms with Crippen molar-refractivity contribution in [3.05, 3.63) is 46.4 Å². The molecule has 21 heavy (non-hydrogen) atoms. The highest BCUT2D eigenvalue weighted by Crippen LogP contribution is 2.35. The van der Waals surface area contributed by atoms with Crippen molar-refractivity contribution in [2.24, 2.45) is 0 Å². The van der Waals surface area contributed by atoms with Gasteiger partial charge in [0, 0.05) is 18.2 Å². The third-order valence-electron chi connectivity index (χ3n) is 3.73. The van der Waals surface area contributed by atoms with Crippen molar-refractivity contribution in [3.8, 4) is 0 Å². The van der Waals surface area contributed by atoms with Crippen LogP contribution in [0.5, 0.6) is 0 Å². The lowest BCUT2D eigenvalue weighted by molar-refractivity contribution is 0.0954. The predicted molar refractivity (Wildman–Crippen MR) is 82.6 cm³/mol. The lowest BCUT2D eigenvalue weighted by atomic mass is 10.1. The minimum atomic E-state index is -0.117. The van der Waals surface area contributed by atoms with Gasteiger partial charge in [0.15, 0.2) is 0 Å². The van der Waals surface area contributed by atoms with E-state index in [-0.39, 0.29) is 17.6 Å². The second-order valence-electron chi connectivity index (χ2n) is 5.73. The lowest BCUT2D eigenvalue weighted by Crippen LogP contribution is -2.24. The van der Waals surface area contributed by atoms with Crippen LogP contribution >= 0.6 is 0 Å². The average Bonchev–Trinajstić information content (AvgIpc) is 3.20. The zero-order chi connectivity index (χ0) is 15.0. The second kappa shape index (κ2) is 5.24. The molecule has 0 aliphatic heterocycles. The molecule has 1 fully saturated rings. The Kier molecular flexibility index (Phi) is 3.41. The number of amides is 1. The van der Waals surface area contributed by atoms with E-state index in [1.807, 2.05) is 6.92 Å². The van der Waals surface area contributed by atoms with Gasteiger partial charge in [0.25, 0.3) is 5.91 Å². The molecule has 0 radical (unpaired) electrons. The molecule has 0 spiro atoms. The number of rotatable bonds is 5. The summed E-state index contributed by atoms with van der Waals surface area (Å²) in [5.74, 6) is -0.117. The molecule has 1 heterocycles. The molecule has 0 saturated heterocycles. The van der Waals surface area contributed by atoms with Gasteiger partial charge in [0.1, 0.15) is 0 Å². The number of aromatic nitrogens is 2. The SMILES string of the molecule is C=C(C)CCNC(=O)c1ccc2[nH]c(=O)n(C3CC3)c2c1. The molecular formula is C16H19N3O2. The number of carbonyl (C=O) groups is 1. The van der Waals surface area contributed by atoms with E-state index in [0.29, 0.717) is 12.1 Å². The molecule has 1 aliphatic carbocycles. The van der Waals surface area contributed by atoms with Crippen molar-refractivity contribution in [2.45, 2.75) is 32.2 Å². The molecule has 2 aromatic rings. The van der Waals surface area contributed by atoms with E-state index in [2.05, 4.69) is 16.9 Å². The highest BCUT2D eigenvalue weighted by molar-refractivity contribution is 5.97. The van der Waals surface area contributed by atoms with Crippen molar-refractivity contribution < 1.29 is 4.79 Å². The molecule has 1 amide bonds. The first-order valence-electron chi connectivity index (χ1n) is 7.23. The van der Waals surface area contributed by atoms with Crippen molar-refractivity contribution >= 4 is 16.9 Å². The summed E-state index contributed by atoms with van der Waals surface area (Å²) in [5, 5.41) is 2.87. The van der Waals surface area contributed by atoms with Gasteiger partial charge < -0.3 is 10.3 Å². The Hall–Kier alpha value is -2.30. The predicted octanol–water partition coefficient (Wildman–Crippen LogP) is 2.36. The first kappa shape index (κ1) is 13.7. The smallest absolute Gasteiger partial charge is 0.326 e. The number of aromatic amines is 1. The number of hydrogen-bond acceptors (Lipinski definition) is 2. The van der Waals surface area contributed by atoms with Crippen LogP contribution in [0.2, 0.25) is 0 Å². The van der Waals surface area contributed by atoms with Crippen molar-refractivity contribution in [3.63, 3.8) is 0 Å². The van der Waals surface area contributed by atoms with Crippen LogP contribution in [0.3, 0.4) is 0 Å². The average molecular weight is 285 g/mol. The Balaban J connectivity index is 1.86. The lowest BCUT2D eigenvalue weighted by Gasteiger charge is -2.06. The van der Waals surface area contributed by atoms with E-state index in [0.717, 1.165) is 35.9 Å². The van der Waals surface area contributed by atoms with Gasteiger partial charge in [-0.1, -0.05) is 5.57 Å². The molecule has 5 heteroatoms. The maximum absolute atomic E-state index is 12.1. The largest absolute Gasteiger partial charge is 0.352 e. The topological polar surface area (TPSA) is 66.9 Å². The highest BCUT2D eigenvalue weighted by atomic mass is 16.2. The van der Waals surface area contributed by atoms with Gasteiger partial charge in [0.05, 0.1) is 11.0 Å². The van der Waals surface area contributed by atoms with Crippen LogP contribution < -0.4 is 11.0 Å². The maximum atomic E-state index is 12.1. The Morgan fingerprint density at radius 1 is 1.48 bits per heavy atom. The quantitative estimate of drug-likeness (QED) is 0.828. The zero-order valence-electron chi connectivity index (χ0n) is 12.1. The molecule has 5 nitrogen and oxygen atoms in total. The molecule has 110 valence electrons. The Bertz CT molecular complexity index is 765. The fraction of sp³-hybridized carbons (Fsp3) is 0.375. The molecular weight excluding hydrogens is 266 g/mol. The molecule has 0 atom stereocenters. The minimum absolute atomic E-state index is 0.0904. The number of nitrogens with zero attached hydrogens (tertiary/aromatic N) is 1. The van der Waals surface area contributed by atoms with Crippen LogP contribution in [0.25, 0.3) is 11.0 Å². The van der Waals surface area contributed by atoms with Gasteiger partial charge in [-0.15, -0.1) is 6.58 Å². The van der Waals surface area contributed by atoms with E-state index in [4.69, 9.17) is 0 Å². The monoisotopic (exact) mass is 285 g/mol. The number of nitrogens with one attached hydrogen (secondary N) is 2. The van der Waals surface area contributed by atoms with E-state index in [9.17, 15) is 9.59 Å². The minimum Gasteiger partial charge on any atom is -0.352 e. The molecule has 3 rings (SSSR count). The number of H-pyrrole nitrogens is 1. The summed E-state index contributed by atoms with van der Waals surface area (Å²) in [6.07, 6.45) is 2.83. The molecule has 1 saturated carbocycles. The second-order valence-corrected chi connectivity index (χ2v) is 5.73. The third kappa shape index (κ3) is 2.77. The first-order chi connectivity index (χ1) is 10.1. The standard InChI is InChI=1S/C16H19N3O2/c1-10(2)7-8-17-15(20)11-3-6-13-14(9-11)19(12-4-5-12)16(21)18-13/h3,6,9,12H,1,4-5,7-8H2,2H3,(H,17,20)(H,18,21). The molecule has 1 aromatic carbocycles. The van der Waals surface area contributed by atoms with Crippen LogP contribution in [0.1, 0.15) is 42.6 Å². The number of imidazole rings is 1. The van der Waals surface area contributed by atoms with Gasteiger partial charge in [-0.3, -0.25) is 9.36 Å². The Labute approximate surface area is 122 Å². The van der Waals surface area contributed by atoms with E-state index in [1.54, 1.807) is 22.8 Å². The van der Waals surface area contributed by atoms with Gasteiger partial charge in [0.2, 0.25) is 0 Å². The number of fused-ring (bicyclic) bond motifs is 1. The summed E-state index contributed by atoms with van der Waals surface area (Å²) >= 11 is 0. The zero-order valence-corrected chi connectivity index (χ0v) is 12.1. The summed E-state index contributed by atoms with van der Waals surface area (Å²) in [7, 11) is 0. The van der Waals surface area contributed by atoms with Gasteiger partial charge >= 0.3 is 5.69 Å². The highest BCUT2D eigenvalue weighted by Gasteiger charge is 2.27. The fourth-order valence-electron chi connectivity index (χ4n) is 2.45. The van der Waals surface area contributed by atoms with Crippen molar-refractivity contribution in [1.29, 1.82) is 0 Å². The molecule has 1 aliphatic rings. The molecule has 0 bridgehead atoms. The van der Waals surface area contributed by atoms with Crippen LogP contribution in [-0.2, 0) is 0 Å². The molecule has 1 aromatic heterocycles. The van der Waals surface area contributed by atoms with Gasteiger partial charge in [-0.2, -0.15) is 0 Å². The van der Waals surface area contributed by atoms with Gasteiger partial charge in [-0.05, 0) is 44.4 Å². The molecule has 2 N–H and O–H groups in total. The van der Waals surface area contributed by atoms with E-state index < -0.39 is 0 Å². The summed E-state index contributed by atoms with van der Waals surface area (Å²) in [6, 6.07) is 5.62. The summed E-state index contributed by atoms with van der Waals surface area (Å²) in [4.78, 5) is 26.9. The van der Waals surface area contributed by atoms with Crippen LogP contribution in [0, 0.1) is 0 Å². The first-order valence-corrected chi connectivity index (χ1v) is 7.23.